The number of hydrogen-bond donors (Lipinski definition) is 0. The van der Waals surface area contributed by atoms with Gasteiger partial charge in [0.2, 0.25) is 0 Å². The summed E-state index contributed by atoms with van der Waals surface area (Å²) in [5.41, 5.74) is 3.95. The van der Waals surface area contributed by atoms with E-state index in [9.17, 15) is 13.2 Å². The molecule has 1 saturated heterocycles. The SMILES string of the molecule is Cc1cc(OC(C)C(=O)N(Cc2ccc(C(C)C)cc2)C2CCS(=O)(=O)C2)cc(C)c1Cl. The molecule has 5 nitrogen and oxygen atoms in total. The standard InChI is InChI=1S/C25H32ClNO4S/c1-16(2)21-8-6-20(7-9-21)14-27(22-10-11-32(29,30)15-22)25(28)19(5)31-23-12-17(3)24(26)18(4)13-23/h6-9,12-13,16,19,22H,10-11,14-15H2,1-5H3. The van der Waals surface area contributed by atoms with Crippen molar-refractivity contribution in [3.05, 3.63) is 63.7 Å². The van der Waals surface area contributed by atoms with E-state index in [4.69, 9.17) is 16.3 Å². The van der Waals surface area contributed by atoms with E-state index in [1.165, 1.54) is 5.56 Å². The summed E-state index contributed by atoms with van der Waals surface area (Å²) in [6.07, 6.45) is -0.308. The zero-order chi connectivity index (χ0) is 23.6. The Kier molecular flexibility index (Phi) is 7.56. The lowest BCUT2D eigenvalue weighted by Gasteiger charge is -2.31. The summed E-state index contributed by atoms with van der Waals surface area (Å²) in [5, 5.41) is 0.680. The Bertz CT molecular complexity index is 1060. The molecule has 0 bridgehead atoms. The Balaban J connectivity index is 1.82. The van der Waals surface area contributed by atoms with E-state index in [-0.39, 0.29) is 23.5 Å². The molecule has 174 valence electrons. The maximum Gasteiger partial charge on any atom is 0.263 e. The summed E-state index contributed by atoms with van der Waals surface area (Å²) in [4.78, 5) is 15.1. The van der Waals surface area contributed by atoms with Gasteiger partial charge >= 0.3 is 0 Å². The first-order valence-corrected chi connectivity index (χ1v) is 13.2. The van der Waals surface area contributed by atoms with Crippen LogP contribution in [0, 0.1) is 13.8 Å². The van der Waals surface area contributed by atoms with Crippen LogP contribution in [0.3, 0.4) is 0 Å². The van der Waals surface area contributed by atoms with Crippen LogP contribution in [0.15, 0.2) is 36.4 Å². The molecule has 0 saturated carbocycles. The van der Waals surface area contributed by atoms with Gasteiger partial charge in [-0.15, -0.1) is 0 Å². The number of carbonyl (C=O) groups is 1. The number of halogens is 1. The molecule has 0 radical (unpaired) electrons. The molecule has 2 aromatic carbocycles. The second-order valence-electron chi connectivity index (χ2n) is 9.05. The van der Waals surface area contributed by atoms with Crippen LogP contribution in [0.5, 0.6) is 5.75 Å². The van der Waals surface area contributed by atoms with E-state index >= 15 is 0 Å². The van der Waals surface area contributed by atoms with Gasteiger partial charge in [0.15, 0.2) is 15.9 Å². The van der Waals surface area contributed by atoms with Crippen LogP contribution in [0.25, 0.3) is 0 Å². The van der Waals surface area contributed by atoms with Gasteiger partial charge in [0.25, 0.3) is 5.91 Å². The molecule has 32 heavy (non-hydrogen) atoms. The predicted octanol–water partition coefficient (Wildman–Crippen LogP) is 5.06. The van der Waals surface area contributed by atoms with Crippen molar-refractivity contribution in [2.75, 3.05) is 11.5 Å². The third-order valence-electron chi connectivity index (χ3n) is 6.00. The van der Waals surface area contributed by atoms with Crippen molar-refractivity contribution < 1.29 is 17.9 Å². The summed E-state index contributed by atoms with van der Waals surface area (Å²) < 4.78 is 30.2. The largest absolute Gasteiger partial charge is 0.481 e. The van der Waals surface area contributed by atoms with Gasteiger partial charge < -0.3 is 9.64 Å². The molecule has 0 spiro atoms. The highest BCUT2D eigenvalue weighted by Crippen LogP contribution is 2.28. The molecule has 0 N–H and O–H groups in total. The average molecular weight is 478 g/mol. The van der Waals surface area contributed by atoms with E-state index in [1.54, 1.807) is 11.8 Å². The summed E-state index contributed by atoms with van der Waals surface area (Å²) in [6, 6.07) is 11.4. The van der Waals surface area contributed by atoms with Crippen molar-refractivity contribution in [3.63, 3.8) is 0 Å². The highest BCUT2D eigenvalue weighted by atomic mass is 35.5. The van der Waals surface area contributed by atoms with E-state index < -0.39 is 15.9 Å². The third kappa shape index (κ3) is 5.84. The lowest BCUT2D eigenvalue weighted by Crippen LogP contribution is -2.46. The van der Waals surface area contributed by atoms with Crippen molar-refractivity contribution >= 4 is 27.3 Å². The normalized spacial score (nSPS) is 18.5. The number of sulfone groups is 1. The van der Waals surface area contributed by atoms with E-state index in [2.05, 4.69) is 26.0 Å². The average Bonchev–Trinajstić information content (AvgIpc) is 3.09. The Morgan fingerprint density at radius 2 is 1.72 bits per heavy atom. The first kappa shape index (κ1) is 24.6. The van der Waals surface area contributed by atoms with Crippen LogP contribution in [-0.2, 0) is 21.2 Å². The highest BCUT2D eigenvalue weighted by Gasteiger charge is 2.36. The van der Waals surface area contributed by atoms with Crippen LogP contribution in [0.1, 0.15) is 55.4 Å². The molecule has 0 aliphatic carbocycles. The van der Waals surface area contributed by atoms with Crippen molar-refractivity contribution in [3.8, 4) is 5.75 Å². The number of ether oxygens (including phenoxy) is 1. The first-order valence-electron chi connectivity index (χ1n) is 11.0. The van der Waals surface area contributed by atoms with Gasteiger partial charge in [-0.3, -0.25) is 4.79 Å². The smallest absolute Gasteiger partial charge is 0.263 e. The second kappa shape index (κ2) is 9.84. The Morgan fingerprint density at radius 1 is 1.12 bits per heavy atom. The fraction of sp³-hybridized carbons (Fsp3) is 0.480. The molecular weight excluding hydrogens is 446 g/mol. The molecular formula is C25H32ClNO4S. The predicted molar refractivity (Wildman–Crippen MR) is 129 cm³/mol. The molecule has 2 atom stereocenters. The number of amides is 1. The van der Waals surface area contributed by atoms with Gasteiger partial charge in [0.1, 0.15) is 5.75 Å². The van der Waals surface area contributed by atoms with Crippen LogP contribution < -0.4 is 4.74 Å². The topological polar surface area (TPSA) is 63.7 Å². The van der Waals surface area contributed by atoms with Crippen LogP contribution in [0.2, 0.25) is 5.02 Å². The zero-order valence-electron chi connectivity index (χ0n) is 19.4. The first-order chi connectivity index (χ1) is 15.0. The molecule has 1 fully saturated rings. The highest BCUT2D eigenvalue weighted by molar-refractivity contribution is 7.91. The zero-order valence-corrected chi connectivity index (χ0v) is 21.0. The molecule has 1 heterocycles. The van der Waals surface area contributed by atoms with Gasteiger partial charge in [0.05, 0.1) is 11.5 Å². The molecule has 3 rings (SSSR count). The minimum atomic E-state index is -3.13. The molecule has 1 aliphatic rings. The van der Waals surface area contributed by atoms with Gasteiger partial charge in [-0.1, -0.05) is 49.7 Å². The van der Waals surface area contributed by atoms with Crippen LogP contribution in [-0.4, -0.2) is 42.9 Å². The second-order valence-corrected chi connectivity index (χ2v) is 11.7. The molecule has 0 aromatic heterocycles. The Hall–Kier alpha value is -2.05. The number of nitrogens with zero attached hydrogens (tertiary/aromatic N) is 1. The number of rotatable bonds is 7. The lowest BCUT2D eigenvalue weighted by molar-refractivity contribution is -0.140. The summed E-state index contributed by atoms with van der Waals surface area (Å²) in [7, 11) is -3.13. The van der Waals surface area contributed by atoms with Gasteiger partial charge in [-0.2, -0.15) is 0 Å². The van der Waals surface area contributed by atoms with Crippen molar-refractivity contribution in [1.82, 2.24) is 4.90 Å². The number of hydrogen-bond acceptors (Lipinski definition) is 4. The molecule has 2 aromatic rings. The number of aryl methyl sites for hydroxylation is 2. The minimum Gasteiger partial charge on any atom is -0.481 e. The maximum absolute atomic E-state index is 13.4. The number of benzene rings is 2. The van der Waals surface area contributed by atoms with E-state index in [1.807, 2.05) is 38.1 Å². The van der Waals surface area contributed by atoms with Crippen molar-refractivity contribution in [2.45, 2.75) is 65.6 Å². The summed E-state index contributed by atoms with van der Waals surface area (Å²) in [5.74, 6) is 0.880. The fourth-order valence-electron chi connectivity index (χ4n) is 4.08. The Labute approximate surface area is 196 Å². The monoisotopic (exact) mass is 477 g/mol. The molecule has 2 unspecified atom stereocenters. The summed E-state index contributed by atoms with van der Waals surface area (Å²) >= 11 is 6.25. The van der Waals surface area contributed by atoms with Crippen molar-refractivity contribution in [2.24, 2.45) is 0 Å². The van der Waals surface area contributed by atoms with Crippen LogP contribution in [0.4, 0.5) is 0 Å². The van der Waals surface area contributed by atoms with E-state index in [0.717, 1.165) is 16.7 Å². The third-order valence-corrected chi connectivity index (χ3v) is 8.35. The Morgan fingerprint density at radius 3 is 2.22 bits per heavy atom. The number of carbonyl (C=O) groups excluding carboxylic acids is 1. The quantitative estimate of drug-likeness (QED) is 0.558. The summed E-state index contributed by atoms with van der Waals surface area (Å²) in [6.45, 7) is 10.1. The van der Waals surface area contributed by atoms with Gasteiger partial charge in [-0.05, 0) is 67.5 Å². The van der Waals surface area contributed by atoms with Gasteiger partial charge in [0, 0.05) is 17.6 Å². The lowest BCUT2D eigenvalue weighted by atomic mass is 10.0. The van der Waals surface area contributed by atoms with Crippen LogP contribution >= 0.6 is 11.6 Å². The van der Waals surface area contributed by atoms with E-state index in [0.29, 0.717) is 29.7 Å². The minimum absolute atomic E-state index is 0.00526. The maximum atomic E-state index is 13.4. The molecule has 7 heteroatoms. The molecule has 1 amide bonds. The fourth-order valence-corrected chi connectivity index (χ4v) is 5.91. The van der Waals surface area contributed by atoms with Gasteiger partial charge in [-0.25, -0.2) is 8.42 Å². The molecule has 1 aliphatic heterocycles. The van der Waals surface area contributed by atoms with Crippen molar-refractivity contribution in [1.29, 1.82) is 0 Å².